The van der Waals surface area contributed by atoms with E-state index in [4.69, 9.17) is 4.74 Å². The van der Waals surface area contributed by atoms with Crippen molar-refractivity contribution in [2.75, 3.05) is 32.1 Å². The van der Waals surface area contributed by atoms with Gasteiger partial charge in [-0.2, -0.15) is 0 Å². The minimum absolute atomic E-state index is 0.160. The lowest BCUT2D eigenvalue weighted by molar-refractivity contribution is 0.300. The summed E-state index contributed by atoms with van der Waals surface area (Å²) in [5.41, 5.74) is 1.39. The highest BCUT2D eigenvalue weighted by atomic mass is 16.5. The van der Waals surface area contributed by atoms with Crippen molar-refractivity contribution in [3.05, 3.63) is 77.1 Å². The Balaban J connectivity index is 1.44. The van der Waals surface area contributed by atoms with E-state index in [1.54, 1.807) is 29.2 Å². The van der Waals surface area contributed by atoms with Crippen LogP contribution in [0.2, 0.25) is 0 Å². The van der Waals surface area contributed by atoms with Gasteiger partial charge in [-0.25, -0.2) is 4.98 Å². The van der Waals surface area contributed by atoms with Crippen LogP contribution in [-0.2, 0) is 6.61 Å². The third kappa shape index (κ3) is 4.46. The Morgan fingerprint density at radius 3 is 2.72 bits per heavy atom. The lowest BCUT2D eigenvalue weighted by Crippen LogP contribution is -2.31. The molecule has 7 heteroatoms. The van der Waals surface area contributed by atoms with Crippen LogP contribution in [0.15, 0.2) is 65.8 Å². The van der Waals surface area contributed by atoms with E-state index in [0.29, 0.717) is 18.4 Å². The Morgan fingerprint density at radius 1 is 1.17 bits per heavy atom. The first-order chi connectivity index (χ1) is 14.1. The molecule has 1 unspecified atom stereocenters. The third-order valence-corrected chi connectivity index (χ3v) is 5.23. The molecule has 3 aromatic heterocycles. The first-order valence-electron chi connectivity index (χ1n) is 9.73. The average Bonchev–Trinajstić information content (AvgIpc) is 3.24. The normalized spacial score (nSPS) is 16.4. The number of rotatable bonds is 6. The zero-order chi connectivity index (χ0) is 20.2. The summed E-state index contributed by atoms with van der Waals surface area (Å²) in [5, 5.41) is 0. The summed E-state index contributed by atoms with van der Waals surface area (Å²) < 4.78 is 7.24. The number of ether oxygens (including phenoxy) is 1. The summed E-state index contributed by atoms with van der Waals surface area (Å²) in [6, 6.07) is 13.4. The number of hydrogen-bond acceptors (Lipinski definition) is 6. The molecule has 0 aliphatic carbocycles. The van der Waals surface area contributed by atoms with E-state index in [-0.39, 0.29) is 5.56 Å². The fourth-order valence-electron chi connectivity index (χ4n) is 3.48. The van der Waals surface area contributed by atoms with E-state index in [2.05, 4.69) is 33.9 Å². The predicted molar refractivity (Wildman–Crippen MR) is 113 cm³/mol. The van der Waals surface area contributed by atoms with Gasteiger partial charge in [-0.3, -0.25) is 14.3 Å². The standard InChI is InChI=1S/C22H25N5O2/c1-25(2)19-8-11-26(15-19)21-7-6-18(14-24-21)27-12-9-20(13-22(27)28)29-16-17-5-3-4-10-23-17/h3-7,9-10,12-14,19H,8,11,15-16H2,1-2H3. The van der Waals surface area contributed by atoms with Gasteiger partial charge in [0.25, 0.3) is 5.56 Å². The lowest BCUT2D eigenvalue weighted by atomic mass is 10.2. The van der Waals surface area contributed by atoms with Crippen molar-refractivity contribution in [1.29, 1.82) is 0 Å². The summed E-state index contributed by atoms with van der Waals surface area (Å²) in [6.07, 6.45) is 6.31. The first kappa shape index (κ1) is 19.1. The molecule has 0 radical (unpaired) electrons. The van der Waals surface area contributed by atoms with E-state index in [9.17, 15) is 4.79 Å². The van der Waals surface area contributed by atoms with Gasteiger partial charge >= 0.3 is 0 Å². The topological polar surface area (TPSA) is 63.5 Å². The molecule has 0 aromatic carbocycles. The Kier molecular flexibility index (Phi) is 5.57. The van der Waals surface area contributed by atoms with Crippen LogP contribution in [0.4, 0.5) is 5.82 Å². The van der Waals surface area contributed by atoms with Gasteiger partial charge in [0.15, 0.2) is 0 Å². The molecular weight excluding hydrogens is 366 g/mol. The molecule has 1 atom stereocenters. The molecule has 7 nitrogen and oxygen atoms in total. The van der Waals surface area contributed by atoms with Gasteiger partial charge in [-0.05, 0) is 50.8 Å². The molecule has 0 amide bonds. The van der Waals surface area contributed by atoms with Gasteiger partial charge in [0.05, 0.1) is 17.6 Å². The number of nitrogens with zero attached hydrogens (tertiary/aromatic N) is 5. The second-order valence-corrected chi connectivity index (χ2v) is 7.41. The van der Waals surface area contributed by atoms with Gasteiger partial charge in [0.2, 0.25) is 0 Å². The minimum Gasteiger partial charge on any atom is -0.487 e. The molecule has 0 saturated carbocycles. The number of aromatic nitrogens is 3. The maximum Gasteiger partial charge on any atom is 0.258 e. The summed E-state index contributed by atoms with van der Waals surface area (Å²) in [6.45, 7) is 2.30. The third-order valence-electron chi connectivity index (χ3n) is 5.23. The van der Waals surface area contributed by atoms with E-state index in [0.717, 1.165) is 36.7 Å². The van der Waals surface area contributed by atoms with Crippen LogP contribution in [-0.4, -0.2) is 52.7 Å². The molecule has 4 heterocycles. The van der Waals surface area contributed by atoms with Crippen LogP contribution in [0.5, 0.6) is 5.75 Å². The van der Waals surface area contributed by atoms with Crippen molar-refractivity contribution in [3.8, 4) is 11.4 Å². The summed E-state index contributed by atoms with van der Waals surface area (Å²) in [5.74, 6) is 1.47. The van der Waals surface area contributed by atoms with Crippen molar-refractivity contribution >= 4 is 5.82 Å². The Labute approximate surface area is 170 Å². The fraction of sp³-hybridized carbons (Fsp3) is 0.318. The molecule has 150 valence electrons. The van der Waals surface area contributed by atoms with Crippen LogP contribution in [0, 0.1) is 0 Å². The SMILES string of the molecule is CN(C)C1CCN(c2ccc(-n3ccc(OCc4ccccn4)cc3=O)cn2)C1. The van der Waals surface area contributed by atoms with E-state index < -0.39 is 0 Å². The summed E-state index contributed by atoms with van der Waals surface area (Å²) in [4.78, 5) is 25.9. The number of pyridine rings is 3. The van der Waals surface area contributed by atoms with Crippen molar-refractivity contribution in [2.45, 2.75) is 19.1 Å². The average molecular weight is 391 g/mol. The second-order valence-electron chi connectivity index (χ2n) is 7.41. The number of likely N-dealkylation sites (N-methyl/N-ethyl adjacent to an activating group) is 1. The predicted octanol–water partition coefficient (Wildman–Crippen LogP) is 2.35. The van der Waals surface area contributed by atoms with Crippen LogP contribution < -0.4 is 15.2 Å². The summed E-state index contributed by atoms with van der Waals surface area (Å²) in [7, 11) is 4.22. The smallest absolute Gasteiger partial charge is 0.258 e. The van der Waals surface area contributed by atoms with Crippen LogP contribution in [0.25, 0.3) is 5.69 Å². The zero-order valence-corrected chi connectivity index (χ0v) is 16.7. The number of anilines is 1. The molecule has 0 bridgehead atoms. The van der Waals surface area contributed by atoms with Crippen molar-refractivity contribution < 1.29 is 4.74 Å². The number of hydrogen-bond donors (Lipinski definition) is 0. The van der Waals surface area contributed by atoms with Gasteiger partial charge in [0.1, 0.15) is 18.2 Å². The molecule has 1 aliphatic rings. The van der Waals surface area contributed by atoms with Gasteiger partial charge in [-0.15, -0.1) is 0 Å². The molecule has 4 rings (SSSR count). The Morgan fingerprint density at radius 2 is 2.07 bits per heavy atom. The molecular formula is C22H25N5O2. The highest BCUT2D eigenvalue weighted by molar-refractivity contribution is 5.44. The van der Waals surface area contributed by atoms with Crippen LogP contribution >= 0.6 is 0 Å². The monoisotopic (exact) mass is 391 g/mol. The van der Waals surface area contributed by atoms with E-state index in [1.807, 2.05) is 30.3 Å². The zero-order valence-electron chi connectivity index (χ0n) is 16.7. The Bertz CT molecular complexity index is 1000. The van der Waals surface area contributed by atoms with Gasteiger partial charge < -0.3 is 14.5 Å². The fourth-order valence-corrected chi connectivity index (χ4v) is 3.48. The quantitative estimate of drug-likeness (QED) is 0.643. The highest BCUT2D eigenvalue weighted by Crippen LogP contribution is 2.21. The van der Waals surface area contributed by atoms with E-state index >= 15 is 0 Å². The van der Waals surface area contributed by atoms with Crippen LogP contribution in [0.1, 0.15) is 12.1 Å². The lowest BCUT2D eigenvalue weighted by Gasteiger charge is -2.21. The van der Waals surface area contributed by atoms with Gasteiger partial charge in [-0.1, -0.05) is 6.07 Å². The maximum absolute atomic E-state index is 12.5. The molecule has 1 aliphatic heterocycles. The van der Waals surface area contributed by atoms with Crippen molar-refractivity contribution in [3.63, 3.8) is 0 Å². The van der Waals surface area contributed by atoms with Crippen molar-refractivity contribution in [2.24, 2.45) is 0 Å². The minimum atomic E-state index is -0.160. The van der Waals surface area contributed by atoms with Gasteiger partial charge in [0, 0.05) is 37.6 Å². The second kappa shape index (κ2) is 8.45. The van der Waals surface area contributed by atoms with Crippen LogP contribution in [0.3, 0.4) is 0 Å². The maximum atomic E-state index is 12.5. The Hall–Kier alpha value is -3.19. The summed E-state index contributed by atoms with van der Waals surface area (Å²) >= 11 is 0. The van der Waals surface area contributed by atoms with Crippen molar-refractivity contribution in [1.82, 2.24) is 19.4 Å². The molecule has 0 spiro atoms. The molecule has 3 aromatic rings. The molecule has 1 fully saturated rings. The van der Waals surface area contributed by atoms with E-state index in [1.165, 1.54) is 6.07 Å². The molecule has 1 saturated heterocycles. The first-order valence-corrected chi connectivity index (χ1v) is 9.73. The molecule has 0 N–H and O–H groups in total. The largest absolute Gasteiger partial charge is 0.487 e. The molecule has 29 heavy (non-hydrogen) atoms. The highest BCUT2D eigenvalue weighted by Gasteiger charge is 2.24.